The summed E-state index contributed by atoms with van der Waals surface area (Å²) in [5.74, 6) is 0.916. The van der Waals surface area contributed by atoms with Crippen LogP contribution in [-0.2, 0) is 13.1 Å². The van der Waals surface area contributed by atoms with Crippen LogP contribution in [0.1, 0.15) is 12.5 Å². The minimum absolute atomic E-state index is 0.713. The van der Waals surface area contributed by atoms with E-state index in [1.165, 1.54) is 5.56 Å². The van der Waals surface area contributed by atoms with Gasteiger partial charge in [-0.05, 0) is 56.9 Å². The fraction of sp³-hybridized carbons (Fsp3) is 0.412. The van der Waals surface area contributed by atoms with Crippen LogP contribution in [0.25, 0.3) is 0 Å². The Morgan fingerprint density at radius 1 is 1.14 bits per heavy atom. The first kappa shape index (κ1) is 15.4. The second-order valence-electron chi connectivity index (χ2n) is 5.38. The first-order valence-corrected chi connectivity index (χ1v) is 7.43. The first-order valence-electron chi connectivity index (χ1n) is 7.43. The summed E-state index contributed by atoms with van der Waals surface area (Å²) in [5, 5.41) is 3.42. The Morgan fingerprint density at radius 2 is 1.90 bits per heavy atom. The molecular formula is C17H25N3O. The second kappa shape index (κ2) is 7.74. The first-order chi connectivity index (χ1) is 10.2. The number of hydrogen-bond donors (Lipinski definition) is 1. The molecule has 1 N–H and O–H groups in total. The summed E-state index contributed by atoms with van der Waals surface area (Å²) in [6, 6.07) is 10.3. The number of likely N-dealkylation sites (N-methyl/N-ethyl adjacent to an activating group) is 1. The third kappa shape index (κ3) is 5.16. The van der Waals surface area contributed by atoms with Gasteiger partial charge in [0.05, 0.1) is 0 Å². The molecule has 0 amide bonds. The van der Waals surface area contributed by atoms with Crippen molar-refractivity contribution >= 4 is 5.69 Å². The average molecular weight is 287 g/mol. The second-order valence-corrected chi connectivity index (χ2v) is 5.38. The number of rotatable bonds is 8. The quantitative estimate of drug-likeness (QED) is 0.809. The molecule has 0 fully saturated rings. The van der Waals surface area contributed by atoms with Gasteiger partial charge in [0.1, 0.15) is 12.4 Å². The van der Waals surface area contributed by atoms with Crippen molar-refractivity contribution in [3.05, 3.63) is 48.3 Å². The van der Waals surface area contributed by atoms with Gasteiger partial charge in [0.25, 0.3) is 0 Å². The van der Waals surface area contributed by atoms with E-state index in [0.717, 1.165) is 31.1 Å². The molecule has 0 bridgehead atoms. The zero-order chi connectivity index (χ0) is 15.1. The molecule has 0 saturated carbocycles. The van der Waals surface area contributed by atoms with E-state index in [-0.39, 0.29) is 0 Å². The number of nitrogens with one attached hydrogen (secondary N) is 1. The molecule has 0 saturated heterocycles. The molecule has 0 unspecified atom stereocenters. The lowest BCUT2D eigenvalue weighted by Crippen LogP contribution is -2.19. The van der Waals surface area contributed by atoms with Crippen molar-refractivity contribution in [3.63, 3.8) is 0 Å². The van der Waals surface area contributed by atoms with Gasteiger partial charge in [-0.1, -0.05) is 0 Å². The topological polar surface area (TPSA) is 29.4 Å². The van der Waals surface area contributed by atoms with Gasteiger partial charge < -0.3 is 19.5 Å². The Labute approximate surface area is 127 Å². The molecule has 21 heavy (non-hydrogen) atoms. The van der Waals surface area contributed by atoms with Crippen molar-refractivity contribution in [1.82, 2.24) is 9.47 Å². The number of aryl methyl sites for hydroxylation is 1. The van der Waals surface area contributed by atoms with Gasteiger partial charge in [-0.15, -0.1) is 0 Å². The summed E-state index contributed by atoms with van der Waals surface area (Å²) in [4.78, 5) is 2.11. The maximum absolute atomic E-state index is 5.68. The summed E-state index contributed by atoms with van der Waals surface area (Å²) < 4.78 is 7.86. The third-order valence-electron chi connectivity index (χ3n) is 3.34. The van der Waals surface area contributed by atoms with E-state index in [0.29, 0.717) is 6.61 Å². The number of ether oxygens (including phenoxy) is 1. The van der Waals surface area contributed by atoms with Crippen LogP contribution in [0.2, 0.25) is 0 Å². The van der Waals surface area contributed by atoms with Crippen molar-refractivity contribution in [1.29, 1.82) is 0 Å². The zero-order valence-electron chi connectivity index (χ0n) is 13.2. The number of benzene rings is 1. The lowest BCUT2D eigenvalue weighted by molar-refractivity contribution is 0.261. The maximum atomic E-state index is 5.68. The maximum Gasteiger partial charge on any atom is 0.119 e. The Bertz CT molecular complexity index is 531. The van der Waals surface area contributed by atoms with Crippen LogP contribution in [0.15, 0.2) is 42.7 Å². The standard InChI is InChI=1S/C17H25N3O/c1-4-20-10-9-15(14-20)13-18-16-5-7-17(8-6-16)21-12-11-19(2)3/h5-10,14,18H,4,11-13H2,1-3H3. The predicted octanol–water partition coefficient (Wildman–Crippen LogP) is 3.06. The van der Waals surface area contributed by atoms with Crippen LogP contribution in [0, 0.1) is 0 Å². The normalized spacial score (nSPS) is 10.9. The summed E-state index contributed by atoms with van der Waals surface area (Å²) in [6.07, 6.45) is 4.28. The van der Waals surface area contributed by atoms with E-state index in [1.54, 1.807) is 0 Å². The Hall–Kier alpha value is -1.94. The van der Waals surface area contributed by atoms with Crippen molar-refractivity contribution in [2.45, 2.75) is 20.0 Å². The molecule has 0 spiro atoms. The Morgan fingerprint density at radius 3 is 2.52 bits per heavy atom. The van der Waals surface area contributed by atoms with Crippen molar-refractivity contribution in [2.75, 3.05) is 32.6 Å². The molecule has 4 heteroatoms. The van der Waals surface area contributed by atoms with Crippen LogP contribution >= 0.6 is 0 Å². The highest BCUT2D eigenvalue weighted by Gasteiger charge is 1.98. The van der Waals surface area contributed by atoms with E-state index in [1.807, 2.05) is 26.2 Å². The van der Waals surface area contributed by atoms with E-state index < -0.39 is 0 Å². The highest BCUT2D eigenvalue weighted by atomic mass is 16.5. The molecule has 2 rings (SSSR count). The van der Waals surface area contributed by atoms with Crippen LogP contribution in [0.5, 0.6) is 5.75 Å². The van der Waals surface area contributed by atoms with Gasteiger partial charge in [-0.2, -0.15) is 0 Å². The molecule has 1 heterocycles. The molecule has 0 aliphatic rings. The minimum Gasteiger partial charge on any atom is -0.492 e. The molecule has 1 aromatic carbocycles. The largest absolute Gasteiger partial charge is 0.492 e. The van der Waals surface area contributed by atoms with Gasteiger partial charge in [0, 0.05) is 37.7 Å². The van der Waals surface area contributed by atoms with Crippen LogP contribution in [0.4, 0.5) is 5.69 Å². The molecule has 0 aliphatic carbocycles. The van der Waals surface area contributed by atoms with E-state index >= 15 is 0 Å². The van der Waals surface area contributed by atoms with Gasteiger partial charge in [-0.25, -0.2) is 0 Å². The fourth-order valence-corrected chi connectivity index (χ4v) is 2.01. The highest BCUT2D eigenvalue weighted by Crippen LogP contribution is 2.16. The summed E-state index contributed by atoms with van der Waals surface area (Å²) in [6.45, 7) is 5.64. The molecular weight excluding hydrogens is 262 g/mol. The fourth-order valence-electron chi connectivity index (χ4n) is 2.01. The van der Waals surface area contributed by atoms with Gasteiger partial charge in [0.2, 0.25) is 0 Å². The lowest BCUT2D eigenvalue weighted by atomic mass is 10.3. The summed E-state index contributed by atoms with van der Waals surface area (Å²) >= 11 is 0. The highest BCUT2D eigenvalue weighted by molar-refractivity contribution is 5.46. The average Bonchev–Trinajstić information content (AvgIpc) is 2.94. The van der Waals surface area contributed by atoms with Gasteiger partial charge >= 0.3 is 0 Å². The van der Waals surface area contributed by atoms with E-state index in [2.05, 4.69) is 52.3 Å². The van der Waals surface area contributed by atoms with Gasteiger partial charge in [-0.3, -0.25) is 0 Å². The molecule has 0 radical (unpaired) electrons. The zero-order valence-corrected chi connectivity index (χ0v) is 13.2. The minimum atomic E-state index is 0.713. The lowest BCUT2D eigenvalue weighted by Gasteiger charge is -2.11. The van der Waals surface area contributed by atoms with Crippen LogP contribution in [-0.4, -0.2) is 36.7 Å². The van der Waals surface area contributed by atoms with Crippen molar-refractivity contribution in [3.8, 4) is 5.75 Å². The molecule has 2 aromatic rings. The van der Waals surface area contributed by atoms with Crippen molar-refractivity contribution in [2.24, 2.45) is 0 Å². The van der Waals surface area contributed by atoms with Crippen LogP contribution in [0.3, 0.4) is 0 Å². The molecule has 0 aliphatic heterocycles. The Kier molecular flexibility index (Phi) is 5.69. The summed E-state index contributed by atoms with van der Waals surface area (Å²) in [5.41, 5.74) is 2.40. The molecule has 0 atom stereocenters. The Balaban J connectivity index is 1.79. The molecule has 4 nitrogen and oxygen atoms in total. The molecule has 114 valence electrons. The predicted molar refractivity (Wildman–Crippen MR) is 87.9 cm³/mol. The number of aromatic nitrogens is 1. The smallest absolute Gasteiger partial charge is 0.119 e. The molecule has 1 aromatic heterocycles. The monoisotopic (exact) mass is 287 g/mol. The number of anilines is 1. The van der Waals surface area contributed by atoms with E-state index in [9.17, 15) is 0 Å². The SMILES string of the molecule is CCn1ccc(CNc2ccc(OCCN(C)C)cc2)c1. The summed E-state index contributed by atoms with van der Waals surface area (Å²) in [7, 11) is 4.09. The van der Waals surface area contributed by atoms with Gasteiger partial charge in [0.15, 0.2) is 0 Å². The number of nitrogens with zero attached hydrogens (tertiary/aromatic N) is 2. The van der Waals surface area contributed by atoms with E-state index in [4.69, 9.17) is 4.74 Å². The number of hydrogen-bond acceptors (Lipinski definition) is 3. The van der Waals surface area contributed by atoms with Crippen molar-refractivity contribution < 1.29 is 4.74 Å². The third-order valence-corrected chi connectivity index (χ3v) is 3.34. The van der Waals surface area contributed by atoms with Crippen LogP contribution < -0.4 is 10.1 Å².